The van der Waals surface area contributed by atoms with Gasteiger partial charge in [-0.1, -0.05) is 0 Å². The molecule has 0 radical (unpaired) electrons. The van der Waals surface area contributed by atoms with Crippen LogP contribution in [0.4, 0.5) is 0 Å². The molecule has 1 atom stereocenters. The van der Waals surface area contributed by atoms with Crippen molar-refractivity contribution in [1.29, 1.82) is 0 Å². The molecular weight excluding hydrogens is 274 g/mol. The van der Waals surface area contributed by atoms with Crippen LogP contribution in [0.5, 0.6) is 0 Å². The van der Waals surface area contributed by atoms with Gasteiger partial charge in [-0.3, -0.25) is 9.59 Å². The van der Waals surface area contributed by atoms with Crippen molar-refractivity contribution in [1.82, 2.24) is 4.72 Å². The number of rotatable bonds is 5. The number of hydrogen-bond donors (Lipinski definition) is 2. The normalized spacial score (nSPS) is 25.6. The number of carboxylic acids is 1. The summed E-state index contributed by atoms with van der Waals surface area (Å²) in [7, 11) is -2.65. The van der Waals surface area contributed by atoms with Gasteiger partial charge in [-0.15, -0.1) is 0 Å². The molecule has 0 saturated heterocycles. The fourth-order valence-corrected chi connectivity index (χ4v) is 3.34. The van der Waals surface area contributed by atoms with E-state index in [1.807, 2.05) is 0 Å². The van der Waals surface area contributed by atoms with Crippen molar-refractivity contribution in [3.63, 3.8) is 0 Å². The van der Waals surface area contributed by atoms with Gasteiger partial charge in [0, 0.05) is 6.04 Å². The number of sulfonamides is 1. The van der Waals surface area contributed by atoms with E-state index in [9.17, 15) is 18.0 Å². The Morgan fingerprint density at radius 1 is 1.26 bits per heavy atom. The summed E-state index contributed by atoms with van der Waals surface area (Å²) in [4.78, 5) is 22.0. The lowest BCUT2D eigenvalue weighted by Gasteiger charge is -2.27. The number of ether oxygens (including phenoxy) is 1. The van der Waals surface area contributed by atoms with Crippen molar-refractivity contribution in [2.24, 2.45) is 5.92 Å². The summed E-state index contributed by atoms with van der Waals surface area (Å²) in [6.07, 6.45) is 1.80. The molecule has 1 rings (SSSR count). The second kappa shape index (κ2) is 6.33. The summed E-state index contributed by atoms with van der Waals surface area (Å²) < 4.78 is 30.6. The molecule has 1 aliphatic rings. The fraction of sp³-hybridized carbons (Fsp3) is 0.818. The predicted octanol–water partition coefficient (Wildman–Crippen LogP) is 0.111. The number of carbonyl (C=O) groups excluding carboxylic acids is 1. The van der Waals surface area contributed by atoms with Crippen LogP contribution in [-0.2, 0) is 24.3 Å². The maximum Gasteiger partial charge on any atom is 0.325 e. The van der Waals surface area contributed by atoms with E-state index in [0.717, 1.165) is 7.11 Å². The number of carboxylic acid groups (broad SMARTS) is 1. The van der Waals surface area contributed by atoms with Crippen molar-refractivity contribution in [2.45, 2.75) is 43.9 Å². The predicted molar refractivity (Wildman–Crippen MR) is 66.9 cm³/mol. The smallest absolute Gasteiger partial charge is 0.325 e. The average Bonchev–Trinajstić information content (AvgIpc) is 2.37. The first-order valence-corrected chi connectivity index (χ1v) is 7.64. The van der Waals surface area contributed by atoms with Crippen LogP contribution in [0.3, 0.4) is 0 Å². The molecule has 2 N–H and O–H groups in total. The lowest BCUT2D eigenvalue weighted by Crippen LogP contribution is -2.45. The van der Waals surface area contributed by atoms with Crippen LogP contribution >= 0.6 is 0 Å². The minimum absolute atomic E-state index is 0.312. The van der Waals surface area contributed by atoms with E-state index in [4.69, 9.17) is 5.11 Å². The number of nitrogens with one attached hydrogen (secondary N) is 1. The van der Waals surface area contributed by atoms with Gasteiger partial charge in [0.1, 0.15) is 0 Å². The van der Waals surface area contributed by atoms with Crippen LogP contribution in [0, 0.1) is 5.92 Å². The Kier molecular flexibility index (Phi) is 5.30. The van der Waals surface area contributed by atoms with Gasteiger partial charge in [-0.2, -0.15) is 0 Å². The van der Waals surface area contributed by atoms with Crippen LogP contribution in [0.25, 0.3) is 0 Å². The Hall–Kier alpha value is -1.15. The Morgan fingerprint density at radius 2 is 1.79 bits per heavy atom. The maximum atomic E-state index is 11.9. The van der Waals surface area contributed by atoms with Gasteiger partial charge in [0.25, 0.3) is 0 Å². The van der Waals surface area contributed by atoms with Gasteiger partial charge in [-0.05, 0) is 32.6 Å². The van der Waals surface area contributed by atoms with Crippen LogP contribution < -0.4 is 4.72 Å². The summed E-state index contributed by atoms with van der Waals surface area (Å²) in [5.41, 5.74) is 0. The van der Waals surface area contributed by atoms with Gasteiger partial charge in [0.2, 0.25) is 10.0 Å². The molecule has 1 unspecified atom stereocenters. The quantitative estimate of drug-likeness (QED) is 0.696. The zero-order valence-electron chi connectivity index (χ0n) is 11.0. The van der Waals surface area contributed by atoms with Gasteiger partial charge in [0.15, 0.2) is 5.25 Å². The van der Waals surface area contributed by atoms with Crippen LogP contribution in [-0.4, -0.2) is 43.9 Å². The summed E-state index contributed by atoms with van der Waals surface area (Å²) in [6, 6.07) is -0.312. The third-order valence-corrected chi connectivity index (χ3v) is 5.19. The van der Waals surface area contributed by atoms with Crippen molar-refractivity contribution < 1.29 is 27.9 Å². The summed E-state index contributed by atoms with van der Waals surface area (Å²) in [5.74, 6) is -2.06. The highest BCUT2D eigenvalue weighted by Gasteiger charge is 2.33. The molecule has 8 heteroatoms. The first-order chi connectivity index (χ1) is 8.77. The highest BCUT2D eigenvalue weighted by molar-refractivity contribution is 7.90. The van der Waals surface area contributed by atoms with Crippen LogP contribution in [0.2, 0.25) is 0 Å². The molecule has 19 heavy (non-hydrogen) atoms. The molecule has 0 spiro atoms. The Balaban J connectivity index is 2.57. The van der Waals surface area contributed by atoms with Gasteiger partial charge in [-0.25, -0.2) is 13.1 Å². The molecule has 1 fully saturated rings. The molecule has 0 bridgehead atoms. The third-order valence-electron chi connectivity index (χ3n) is 3.41. The standard InChI is InChI=1S/C11H19NO6S/c1-7(11(15)18-2)19(16,17)12-9-5-3-8(4-6-9)10(13)14/h7-9,12H,3-6H2,1-2H3,(H,13,14). The number of esters is 1. The zero-order chi connectivity index (χ0) is 14.6. The molecule has 1 saturated carbocycles. The third kappa shape index (κ3) is 4.17. The molecular formula is C11H19NO6S. The van der Waals surface area contributed by atoms with Crippen molar-refractivity contribution >= 4 is 22.0 Å². The van der Waals surface area contributed by atoms with Crippen molar-refractivity contribution in [3.05, 3.63) is 0 Å². The highest BCUT2D eigenvalue weighted by Crippen LogP contribution is 2.25. The van der Waals surface area contributed by atoms with E-state index in [0.29, 0.717) is 25.7 Å². The van der Waals surface area contributed by atoms with E-state index >= 15 is 0 Å². The summed E-state index contributed by atoms with van der Waals surface area (Å²) in [5, 5.41) is 7.58. The molecule has 0 amide bonds. The van der Waals surface area contributed by atoms with Gasteiger partial charge < -0.3 is 9.84 Å². The second-order valence-electron chi connectivity index (χ2n) is 4.72. The molecule has 0 aliphatic heterocycles. The molecule has 0 aromatic carbocycles. The highest BCUT2D eigenvalue weighted by atomic mass is 32.2. The molecule has 0 aromatic rings. The van der Waals surface area contributed by atoms with Gasteiger partial charge >= 0.3 is 11.9 Å². The van der Waals surface area contributed by atoms with Gasteiger partial charge in [0.05, 0.1) is 13.0 Å². The lowest BCUT2D eigenvalue weighted by molar-refractivity contribution is -0.143. The largest absolute Gasteiger partial charge is 0.481 e. The second-order valence-corrected chi connectivity index (χ2v) is 6.75. The number of aliphatic carboxylic acids is 1. The zero-order valence-corrected chi connectivity index (χ0v) is 11.8. The van der Waals surface area contributed by atoms with Crippen LogP contribution in [0.15, 0.2) is 0 Å². The van der Waals surface area contributed by atoms with E-state index < -0.39 is 33.1 Å². The first kappa shape index (κ1) is 15.9. The SMILES string of the molecule is COC(=O)C(C)S(=O)(=O)NC1CCC(C(=O)O)CC1. The van der Waals surface area contributed by atoms with E-state index in [2.05, 4.69) is 9.46 Å². The van der Waals surface area contributed by atoms with Crippen molar-refractivity contribution in [3.8, 4) is 0 Å². The molecule has 110 valence electrons. The van der Waals surface area contributed by atoms with E-state index in [1.54, 1.807) is 0 Å². The first-order valence-electron chi connectivity index (χ1n) is 6.09. The molecule has 0 heterocycles. The summed E-state index contributed by atoms with van der Waals surface area (Å²) in [6.45, 7) is 1.26. The van der Waals surface area contributed by atoms with Crippen molar-refractivity contribution in [2.75, 3.05) is 7.11 Å². The lowest BCUT2D eigenvalue weighted by atomic mass is 9.87. The number of carbonyl (C=O) groups is 2. The van der Waals surface area contributed by atoms with Crippen LogP contribution in [0.1, 0.15) is 32.6 Å². The number of hydrogen-bond acceptors (Lipinski definition) is 5. The Morgan fingerprint density at radius 3 is 2.21 bits per heavy atom. The summed E-state index contributed by atoms with van der Waals surface area (Å²) >= 11 is 0. The minimum atomic E-state index is -3.78. The Bertz CT molecular complexity index is 438. The molecule has 7 nitrogen and oxygen atoms in total. The van der Waals surface area contributed by atoms with E-state index in [-0.39, 0.29) is 6.04 Å². The monoisotopic (exact) mass is 293 g/mol. The Labute approximate surface area is 112 Å². The maximum absolute atomic E-state index is 11.9. The topological polar surface area (TPSA) is 110 Å². The fourth-order valence-electron chi connectivity index (χ4n) is 2.09. The minimum Gasteiger partial charge on any atom is -0.481 e. The molecule has 0 aromatic heterocycles. The molecule has 1 aliphatic carbocycles. The van der Waals surface area contributed by atoms with E-state index in [1.165, 1.54) is 6.92 Å². The average molecular weight is 293 g/mol. The number of methoxy groups -OCH3 is 1.